The average Bonchev–Trinajstić information content (AvgIpc) is 2.67. The van der Waals surface area contributed by atoms with E-state index in [0.29, 0.717) is 17.1 Å². The summed E-state index contributed by atoms with van der Waals surface area (Å²) in [4.78, 5) is 0.138. The van der Waals surface area contributed by atoms with E-state index in [1.807, 2.05) is 0 Å². The van der Waals surface area contributed by atoms with Gasteiger partial charge in [-0.15, -0.1) is 0 Å². The number of nitrogens with zero attached hydrogens (tertiary/aromatic N) is 1. The Morgan fingerprint density at radius 1 is 1.37 bits per heavy atom. The number of aromatic nitrogens is 1. The largest absolute Gasteiger partial charge is 0.399 e. The molecule has 0 atom stereocenters. The highest BCUT2D eigenvalue weighted by Crippen LogP contribution is 2.15. The Bertz CT molecular complexity index is 672. The summed E-state index contributed by atoms with van der Waals surface area (Å²) in [5.74, 6) is 0.604. The van der Waals surface area contributed by atoms with Gasteiger partial charge in [0.05, 0.1) is 10.6 Å². The second-order valence-electron chi connectivity index (χ2n) is 4.20. The molecule has 0 fully saturated rings. The van der Waals surface area contributed by atoms with Gasteiger partial charge in [-0.1, -0.05) is 11.2 Å². The Hall–Kier alpha value is -1.86. The van der Waals surface area contributed by atoms with Gasteiger partial charge in [0.1, 0.15) is 5.76 Å². The molecule has 0 unspecified atom stereocenters. The van der Waals surface area contributed by atoms with Crippen LogP contribution in [0.2, 0.25) is 0 Å². The molecule has 7 heteroatoms. The topological polar surface area (TPSA) is 98.2 Å². The summed E-state index contributed by atoms with van der Waals surface area (Å²) in [6.07, 6.45) is 0. The van der Waals surface area contributed by atoms with Crippen LogP contribution >= 0.6 is 0 Å². The van der Waals surface area contributed by atoms with Crippen LogP contribution < -0.4 is 10.5 Å². The number of hydrogen-bond donors (Lipinski definition) is 2. The van der Waals surface area contributed by atoms with Crippen molar-refractivity contribution in [3.63, 3.8) is 0 Å². The van der Waals surface area contributed by atoms with Gasteiger partial charge in [-0.2, -0.15) is 0 Å². The number of benzene rings is 1. The quantitative estimate of drug-likeness (QED) is 0.824. The average molecular weight is 281 g/mol. The van der Waals surface area contributed by atoms with Gasteiger partial charge in [-0.25, -0.2) is 13.1 Å². The molecule has 1 aromatic carbocycles. The SMILES string of the molecule is Cc1noc(C)c1CNS(=O)(=O)c1cccc(N)c1. The Labute approximate surface area is 111 Å². The van der Waals surface area contributed by atoms with E-state index in [9.17, 15) is 8.42 Å². The van der Waals surface area contributed by atoms with Crippen molar-refractivity contribution in [2.45, 2.75) is 25.3 Å². The summed E-state index contributed by atoms with van der Waals surface area (Å²) in [6.45, 7) is 3.64. The third kappa shape index (κ3) is 2.94. The molecule has 0 saturated carbocycles. The maximum absolute atomic E-state index is 12.1. The summed E-state index contributed by atoms with van der Waals surface area (Å²) >= 11 is 0. The lowest BCUT2D eigenvalue weighted by atomic mass is 10.2. The molecule has 0 amide bonds. The highest BCUT2D eigenvalue weighted by Gasteiger charge is 2.16. The van der Waals surface area contributed by atoms with E-state index in [1.165, 1.54) is 12.1 Å². The zero-order chi connectivity index (χ0) is 14.0. The lowest BCUT2D eigenvalue weighted by molar-refractivity contribution is 0.392. The van der Waals surface area contributed by atoms with Gasteiger partial charge in [0.15, 0.2) is 0 Å². The van der Waals surface area contributed by atoms with Gasteiger partial charge >= 0.3 is 0 Å². The number of rotatable bonds is 4. The molecular formula is C12H15N3O3S. The minimum atomic E-state index is -3.59. The highest BCUT2D eigenvalue weighted by molar-refractivity contribution is 7.89. The Kier molecular flexibility index (Phi) is 3.59. The lowest BCUT2D eigenvalue weighted by Gasteiger charge is -2.07. The monoisotopic (exact) mass is 281 g/mol. The molecule has 0 aliphatic rings. The highest BCUT2D eigenvalue weighted by atomic mass is 32.2. The molecule has 0 saturated heterocycles. The molecule has 2 aromatic rings. The minimum absolute atomic E-state index is 0.137. The van der Waals surface area contributed by atoms with E-state index in [0.717, 1.165) is 5.56 Å². The van der Waals surface area contributed by atoms with Crippen LogP contribution in [-0.2, 0) is 16.6 Å². The molecule has 2 rings (SSSR count). The third-order valence-electron chi connectivity index (χ3n) is 2.79. The molecule has 1 heterocycles. The van der Waals surface area contributed by atoms with E-state index in [4.69, 9.17) is 10.3 Å². The number of nitrogens with two attached hydrogens (primary N) is 1. The summed E-state index contributed by atoms with van der Waals surface area (Å²) in [7, 11) is -3.59. The predicted molar refractivity (Wildman–Crippen MR) is 70.9 cm³/mol. The lowest BCUT2D eigenvalue weighted by Crippen LogP contribution is -2.23. The zero-order valence-corrected chi connectivity index (χ0v) is 11.5. The van der Waals surface area contributed by atoms with Crippen LogP contribution in [0.3, 0.4) is 0 Å². The summed E-state index contributed by atoms with van der Waals surface area (Å²) < 4.78 is 31.7. The van der Waals surface area contributed by atoms with Crippen LogP contribution in [0.4, 0.5) is 5.69 Å². The molecule has 19 heavy (non-hydrogen) atoms. The Morgan fingerprint density at radius 3 is 2.68 bits per heavy atom. The third-order valence-corrected chi connectivity index (χ3v) is 4.19. The number of nitrogens with one attached hydrogen (secondary N) is 1. The second kappa shape index (κ2) is 5.02. The van der Waals surface area contributed by atoms with Crippen molar-refractivity contribution in [3.8, 4) is 0 Å². The smallest absolute Gasteiger partial charge is 0.240 e. The molecule has 6 nitrogen and oxygen atoms in total. The molecule has 0 spiro atoms. The number of anilines is 1. The van der Waals surface area contributed by atoms with E-state index in [2.05, 4.69) is 9.88 Å². The summed E-state index contributed by atoms with van der Waals surface area (Å²) in [5, 5.41) is 3.77. The number of hydrogen-bond acceptors (Lipinski definition) is 5. The standard InChI is InChI=1S/C12H15N3O3S/c1-8-12(9(2)18-15-8)7-14-19(16,17)11-5-3-4-10(13)6-11/h3-6,14H,7,13H2,1-2H3. The van der Waals surface area contributed by atoms with Crippen LogP contribution in [-0.4, -0.2) is 13.6 Å². The van der Waals surface area contributed by atoms with Crippen molar-refractivity contribution in [2.75, 3.05) is 5.73 Å². The molecular weight excluding hydrogens is 266 g/mol. The van der Waals surface area contributed by atoms with Crippen LogP contribution in [0.5, 0.6) is 0 Å². The minimum Gasteiger partial charge on any atom is -0.399 e. The second-order valence-corrected chi connectivity index (χ2v) is 5.97. The van der Waals surface area contributed by atoms with Gasteiger partial charge in [-0.3, -0.25) is 0 Å². The van der Waals surface area contributed by atoms with Crippen LogP contribution in [0, 0.1) is 13.8 Å². The van der Waals surface area contributed by atoms with E-state index in [1.54, 1.807) is 26.0 Å². The summed E-state index contributed by atoms with van der Waals surface area (Å²) in [6, 6.07) is 6.13. The first kappa shape index (κ1) is 13.6. The molecule has 3 N–H and O–H groups in total. The number of nitrogen functional groups attached to an aromatic ring is 1. The van der Waals surface area contributed by atoms with E-state index >= 15 is 0 Å². The van der Waals surface area contributed by atoms with Crippen molar-refractivity contribution >= 4 is 15.7 Å². The van der Waals surface area contributed by atoms with Crippen LogP contribution in [0.15, 0.2) is 33.7 Å². The van der Waals surface area contributed by atoms with Crippen molar-refractivity contribution in [1.82, 2.24) is 9.88 Å². The fourth-order valence-electron chi connectivity index (χ4n) is 1.69. The van der Waals surface area contributed by atoms with E-state index < -0.39 is 10.0 Å². The van der Waals surface area contributed by atoms with Crippen molar-refractivity contribution in [3.05, 3.63) is 41.3 Å². The van der Waals surface area contributed by atoms with Gasteiger partial charge in [0.25, 0.3) is 0 Å². The Balaban J connectivity index is 2.19. The van der Waals surface area contributed by atoms with Gasteiger partial charge in [-0.05, 0) is 32.0 Å². The van der Waals surface area contributed by atoms with Crippen molar-refractivity contribution < 1.29 is 12.9 Å². The van der Waals surface area contributed by atoms with Crippen molar-refractivity contribution in [1.29, 1.82) is 0 Å². The molecule has 0 bridgehead atoms. The normalized spacial score (nSPS) is 11.7. The van der Waals surface area contributed by atoms with Gasteiger partial charge in [0.2, 0.25) is 10.0 Å². The van der Waals surface area contributed by atoms with E-state index in [-0.39, 0.29) is 11.4 Å². The maximum atomic E-state index is 12.1. The molecule has 0 aliphatic heterocycles. The van der Waals surface area contributed by atoms with Crippen LogP contribution in [0.1, 0.15) is 17.0 Å². The molecule has 1 aromatic heterocycles. The first-order chi connectivity index (χ1) is 8.90. The van der Waals surface area contributed by atoms with Crippen molar-refractivity contribution in [2.24, 2.45) is 0 Å². The van der Waals surface area contributed by atoms with Crippen LogP contribution in [0.25, 0.3) is 0 Å². The summed E-state index contributed by atoms with van der Waals surface area (Å²) in [5.41, 5.74) is 7.40. The number of sulfonamides is 1. The molecule has 102 valence electrons. The number of aryl methyl sites for hydroxylation is 2. The fraction of sp³-hybridized carbons (Fsp3) is 0.250. The molecule has 0 aliphatic carbocycles. The Morgan fingerprint density at radius 2 is 2.11 bits per heavy atom. The first-order valence-electron chi connectivity index (χ1n) is 5.67. The maximum Gasteiger partial charge on any atom is 0.240 e. The van der Waals surface area contributed by atoms with Gasteiger partial charge in [0, 0.05) is 17.8 Å². The zero-order valence-electron chi connectivity index (χ0n) is 10.7. The molecule has 0 radical (unpaired) electrons. The first-order valence-corrected chi connectivity index (χ1v) is 7.15. The van der Waals surface area contributed by atoms with Gasteiger partial charge < -0.3 is 10.3 Å². The predicted octanol–water partition coefficient (Wildman–Crippen LogP) is 1.35. The fourth-order valence-corrected chi connectivity index (χ4v) is 2.74.